The van der Waals surface area contributed by atoms with E-state index in [1.807, 2.05) is 0 Å². The summed E-state index contributed by atoms with van der Waals surface area (Å²) in [6.07, 6.45) is 4.15. The number of amides is 1. The Morgan fingerprint density at radius 3 is 3.00 bits per heavy atom. The summed E-state index contributed by atoms with van der Waals surface area (Å²) >= 11 is 0. The van der Waals surface area contributed by atoms with Gasteiger partial charge in [-0.3, -0.25) is 9.78 Å². The number of nitrogens with one attached hydrogen (secondary N) is 1. The molecule has 6 nitrogen and oxygen atoms in total. The quantitative estimate of drug-likeness (QED) is 0.697. The van der Waals surface area contributed by atoms with Gasteiger partial charge in [-0.25, -0.2) is 4.98 Å². The summed E-state index contributed by atoms with van der Waals surface area (Å²) < 4.78 is 0. The van der Waals surface area contributed by atoms with Crippen LogP contribution in [0.4, 0.5) is 5.82 Å². The summed E-state index contributed by atoms with van der Waals surface area (Å²) in [7, 11) is 0. The zero-order valence-electron chi connectivity index (χ0n) is 10.5. The average Bonchev–Trinajstić information content (AvgIpc) is 2.46. The van der Waals surface area contributed by atoms with Crippen LogP contribution >= 0.6 is 0 Å². The minimum atomic E-state index is -0.471. The first-order chi connectivity index (χ1) is 9.70. The molecule has 2 aromatic heterocycles. The van der Waals surface area contributed by atoms with Crippen LogP contribution in [-0.2, 0) is 0 Å². The highest BCUT2D eigenvalue weighted by Gasteiger charge is 2.11. The van der Waals surface area contributed by atoms with Crippen LogP contribution in [0.3, 0.4) is 0 Å². The van der Waals surface area contributed by atoms with E-state index in [0.29, 0.717) is 11.4 Å². The Morgan fingerprint density at radius 1 is 1.40 bits per heavy atom. The van der Waals surface area contributed by atoms with Crippen molar-refractivity contribution >= 4 is 11.7 Å². The van der Waals surface area contributed by atoms with E-state index in [0.717, 1.165) is 0 Å². The monoisotopic (exact) mass is 268 g/mol. The Labute approximate surface area is 115 Å². The summed E-state index contributed by atoms with van der Waals surface area (Å²) in [5, 5.41) is 12.1. The van der Waals surface area contributed by atoms with Crippen LogP contribution in [0.5, 0.6) is 5.75 Å². The number of pyridine rings is 2. The van der Waals surface area contributed by atoms with E-state index < -0.39 is 5.91 Å². The smallest absolute Gasteiger partial charge is 0.260 e. The zero-order valence-corrected chi connectivity index (χ0v) is 10.5. The molecular weight excluding hydrogens is 256 g/mol. The molecule has 0 aromatic carbocycles. The van der Waals surface area contributed by atoms with Crippen LogP contribution in [0.1, 0.15) is 15.9 Å². The summed E-state index contributed by atoms with van der Waals surface area (Å²) in [6.45, 7) is 0.259. The molecule has 6 heteroatoms. The van der Waals surface area contributed by atoms with Crippen LogP contribution in [-0.4, -0.2) is 27.5 Å². The number of carbonyl (C=O) groups is 1. The molecule has 0 fully saturated rings. The lowest BCUT2D eigenvalue weighted by molar-refractivity contribution is 0.102. The minimum Gasteiger partial charge on any atom is -0.505 e. The molecule has 0 aliphatic heterocycles. The molecule has 1 amide bonds. The van der Waals surface area contributed by atoms with Crippen LogP contribution in [0.2, 0.25) is 0 Å². The average molecular weight is 268 g/mol. The summed E-state index contributed by atoms with van der Waals surface area (Å²) in [5.41, 5.74) is 6.11. The predicted molar refractivity (Wildman–Crippen MR) is 74.0 cm³/mol. The highest BCUT2D eigenvalue weighted by atomic mass is 16.3. The number of anilines is 1. The van der Waals surface area contributed by atoms with Crippen LogP contribution in [0.25, 0.3) is 0 Å². The lowest BCUT2D eigenvalue weighted by Crippen LogP contribution is -2.13. The van der Waals surface area contributed by atoms with Gasteiger partial charge in [-0.05, 0) is 18.2 Å². The van der Waals surface area contributed by atoms with E-state index in [1.54, 1.807) is 12.1 Å². The minimum absolute atomic E-state index is 0.125. The number of hydrogen-bond donors (Lipinski definition) is 3. The number of nitrogens with two attached hydrogens (primary N) is 1. The van der Waals surface area contributed by atoms with Crippen molar-refractivity contribution in [3.63, 3.8) is 0 Å². The first-order valence-corrected chi connectivity index (χ1v) is 5.80. The van der Waals surface area contributed by atoms with Crippen molar-refractivity contribution in [3.05, 3.63) is 47.9 Å². The standard InChI is InChI=1S/C14H12N4O2/c15-5-1-2-10-3-7-17-13(8-10)18-14(20)11-4-6-16-9-12(11)19/h3-4,6-9,19H,5,15H2,(H,17,18,20). The van der Waals surface area contributed by atoms with Gasteiger partial charge < -0.3 is 16.2 Å². The molecule has 2 aromatic rings. The van der Waals surface area contributed by atoms with Crippen molar-refractivity contribution in [3.8, 4) is 17.6 Å². The van der Waals surface area contributed by atoms with Crippen molar-refractivity contribution < 1.29 is 9.90 Å². The van der Waals surface area contributed by atoms with E-state index in [9.17, 15) is 9.90 Å². The fourth-order valence-corrected chi connectivity index (χ4v) is 1.49. The number of nitrogens with zero attached hydrogens (tertiary/aromatic N) is 2. The molecule has 0 unspecified atom stereocenters. The van der Waals surface area contributed by atoms with E-state index in [2.05, 4.69) is 27.1 Å². The van der Waals surface area contributed by atoms with Crippen LogP contribution in [0, 0.1) is 11.8 Å². The van der Waals surface area contributed by atoms with Crippen molar-refractivity contribution in [1.29, 1.82) is 0 Å². The third-order valence-corrected chi connectivity index (χ3v) is 2.38. The Balaban J connectivity index is 2.18. The molecule has 0 spiro atoms. The maximum absolute atomic E-state index is 12.0. The van der Waals surface area contributed by atoms with Gasteiger partial charge in [-0.1, -0.05) is 11.8 Å². The number of carbonyl (C=O) groups excluding carboxylic acids is 1. The van der Waals surface area contributed by atoms with E-state index >= 15 is 0 Å². The first kappa shape index (κ1) is 13.5. The number of aromatic nitrogens is 2. The van der Waals surface area contributed by atoms with Gasteiger partial charge in [0, 0.05) is 18.0 Å². The van der Waals surface area contributed by atoms with Gasteiger partial charge in [0.25, 0.3) is 5.91 Å². The number of aromatic hydroxyl groups is 1. The summed E-state index contributed by atoms with van der Waals surface area (Å²) in [6, 6.07) is 4.75. The maximum Gasteiger partial charge on any atom is 0.260 e. The van der Waals surface area contributed by atoms with Gasteiger partial charge >= 0.3 is 0 Å². The van der Waals surface area contributed by atoms with E-state index in [4.69, 9.17) is 5.73 Å². The largest absolute Gasteiger partial charge is 0.505 e. The van der Waals surface area contributed by atoms with E-state index in [-0.39, 0.29) is 17.9 Å². The topological polar surface area (TPSA) is 101 Å². The molecule has 20 heavy (non-hydrogen) atoms. The molecule has 0 radical (unpaired) electrons. The molecule has 0 atom stereocenters. The molecular formula is C14H12N4O2. The third kappa shape index (κ3) is 3.31. The van der Waals surface area contributed by atoms with Crippen molar-refractivity contribution in [1.82, 2.24) is 9.97 Å². The Bertz CT molecular complexity index is 689. The SMILES string of the molecule is NCC#Cc1ccnc(NC(=O)c2ccncc2O)c1. The zero-order chi connectivity index (χ0) is 14.4. The lowest BCUT2D eigenvalue weighted by Gasteiger charge is -2.05. The fourth-order valence-electron chi connectivity index (χ4n) is 1.49. The second-order valence-corrected chi connectivity index (χ2v) is 3.78. The molecule has 0 saturated carbocycles. The van der Waals surface area contributed by atoms with Crippen molar-refractivity contribution in [2.24, 2.45) is 5.73 Å². The van der Waals surface area contributed by atoms with Gasteiger partial charge in [-0.15, -0.1) is 0 Å². The second-order valence-electron chi connectivity index (χ2n) is 3.78. The summed E-state index contributed by atoms with van der Waals surface area (Å²) in [4.78, 5) is 19.7. The Morgan fingerprint density at radius 2 is 2.25 bits per heavy atom. The maximum atomic E-state index is 12.0. The van der Waals surface area contributed by atoms with Crippen molar-refractivity contribution in [2.75, 3.05) is 11.9 Å². The first-order valence-electron chi connectivity index (χ1n) is 5.80. The molecule has 2 heterocycles. The van der Waals surface area contributed by atoms with Crippen LogP contribution < -0.4 is 11.1 Å². The normalized spacial score (nSPS) is 9.45. The third-order valence-electron chi connectivity index (χ3n) is 2.38. The molecule has 0 bridgehead atoms. The Hall–Kier alpha value is -2.91. The van der Waals surface area contributed by atoms with Gasteiger partial charge in [-0.2, -0.15) is 0 Å². The van der Waals surface area contributed by atoms with E-state index in [1.165, 1.54) is 24.7 Å². The molecule has 100 valence electrons. The molecule has 0 aliphatic rings. The second kappa shape index (κ2) is 6.31. The fraction of sp³-hybridized carbons (Fsp3) is 0.0714. The molecule has 0 saturated heterocycles. The molecule has 0 aliphatic carbocycles. The van der Waals surface area contributed by atoms with Crippen LogP contribution in [0.15, 0.2) is 36.8 Å². The molecule has 2 rings (SSSR count). The number of rotatable bonds is 2. The van der Waals surface area contributed by atoms with Gasteiger partial charge in [0.1, 0.15) is 11.6 Å². The lowest BCUT2D eigenvalue weighted by atomic mass is 10.2. The molecule has 4 N–H and O–H groups in total. The van der Waals surface area contributed by atoms with Crippen molar-refractivity contribution in [2.45, 2.75) is 0 Å². The summed E-state index contributed by atoms with van der Waals surface area (Å²) in [5.74, 6) is 5.24. The highest BCUT2D eigenvalue weighted by Crippen LogP contribution is 2.16. The predicted octanol–water partition coefficient (Wildman–Crippen LogP) is 0.745. The Kier molecular flexibility index (Phi) is 4.27. The number of hydrogen-bond acceptors (Lipinski definition) is 5. The van der Waals surface area contributed by atoms with Gasteiger partial charge in [0.2, 0.25) is 0 Å². The van der Waals surface area contributed by atoms with Gasteiger partial charge in [0.05, 0.1) is 18.3 Å². The van der Waals surface area contributed by atoms with Gasteiger partial charge in [0.15, 0.2) is 0 Å². The highest BCUT2D eigenvalue weighted by molar-refractivity contribution is 6.05.